The number of aliphatic hydroxyl groups excluding tert-OH is 1. The van der Waals surface area contributed by atoms with E-state index in [1.165, 1.54) is 33.5 Å². The van der Waals surface area contributed by atoms with Crippen LogP contribution in [-0.2, 0) is 0 Å². The zero-order chi connectivity index (χ0) is 20.0. The first-order chi connectivity index (χ1) is 12.9. The number of Topliss-reactive ketones (excluding diaryl/α,β-unsaturated/α-hetero) is 1. The number of likely N-dealkylation sites (N-methyl/N-ethyl adjacent to an activating group) is 1. The van der Waals surface area contributed by atoms with Crippen molar-refractivity contribution in [1.82, 2.24) is 0 Å². The molecular formula is C20H26N2O5. The van der Waals surface area contributed by atoms with Gasteiger partial charge >= 0.3 is 0 Å². The van der Waals surface area contributed by atoms with Crippen molar-refractivity contribution in [1.29, 1.82) is 0 Å². The summed E-state index contributed by atoms with van der Waals surface area (Å²) in [6.07, 6.45) is -1.05. The highest BCUT2D eigenvalue weighted by Gasteiger charge is 2.27. The molecule has 0 aliphatic rings. The molecule has 2 aromatic carbocycles. The van der Waals surface area contributed by atoms with Gasteiger partial charge in [-0.25, -0.2) is 0 Å². The van der Waals surface area contributed by atoms with Gasteiger partial charge in [0.1, 0.15) is 0 Å². The Labute approximate surface area is 159 Å². The van der Waals surface area contributed by atoms with Gasteiger partial charge in [-0.15, -0.1) is 0 Å². The summed E-state index contributed by atoms with van der Waals surface area (Å²) in [5.41, 5.74) is 7.23. The second-order valence-electron chi connectivity index (χ2n) is 6.09. The first kappa shape index (κ1) is 20.5. The van der Waals surface area contributed by atoms with E-state index in [0.717, 1.165) is 5.69 Å². The van der Waals surface area contributed by atoms with Gasteiger partial charge in [-0.1, -0.05) is 18.2 Å². The summed E-state index contributed by atoms with van der Waals surface area (Å²) in [5, 5.41) is 10.5. The fraction of sp³-hybridized carbons (Fsp3) is 0.350. The molecular weight excluding hydrogens is 348 g/mol. The van der Waals surface area contributed by atoms with Gasteiger partial charge in [-0.05, 0) is 24.3 Å². The van der Waals surface area contributed by atoms with Gasteiger partial charge in [0.05, 0.1) is 33.5 Å². The summed E-state index contributed by atoms with van der Waals surface area (Å²) in [6, 6.07) is 11.5. The predicted octanol–water partition coefficient (Wildman–Crippen LogP) is 1.72. The smallest absolute Gasteiger partial charge is 0.203 e. The van der Waals surface area contributed by atoms with Crippen molar-refractivity contribution in [3.63, 3.8) is 0 Å². The average molecular weight is 374 g/mol. The Morgan fingerprint density at radius 2 is 1.63 bits per heavy atom. The number of para-hydroxylation sites is 1. The molecule has 2 atom stereocenters. The minimum Gasteiger partial charge on any atom is -0.493 e. The summed E-state index contributed by atoms with van der Waals surface area (Å²) >= 11 is 0. The van der Waals surface area contributed by atoms with Crippen LogP contribution in [0.25, 0.3) is 0 Å². The third kappa shape index (κ3) is 4.69. The summed E-state index contributed by atoms with van der Waals surface area (Å²) < 4.78 is 15.8. The van der Waals surface area contributed by atoms with Crippen molar-refractivity contribution < 1.29 is 24.1 Å². The van der Waals surface area contributed by atoms with Crippen LogP contribution in [-0.4, -0.2) is 58.0 Å². The molecule has 3 N–H and O–H groups in total. The largest absolute Gasteiger partial charge is 0.493 e. The lowest BCUT2D eigenvalue weighted by Gasteiger charge is -2.26. The molecule has 0 aliphatic carbocycles. The molecule has 0 aromatic heterocycles. The minimum atomic E-state index is -1.10. The molecule has 2 aromatic rings. The van der Waals surface area contributed by atoms with E-state index in [4.69, 9.17) is 19.9 Å². The van der Waals surface area contributed by atoms with E-state index in [0.29, 0.717) is 17.2 Å². The molecule has 0 spiro atoms. The highest BCUT2D eigenvalue weighted by molar-refractivity contribution is 6.01. The lowest BCUT2D eigenvalue weighted by atomic mass is 9.99. The van der Waals surface area contributed by atoms with Crippen LogP contribution in [0.1, 0.15) is 10.4 Å². The molecule has 27 heavy (non-hydrogen) atoms. The number of methoxy groups -OCH3 is 3. The van der Waals surface area contributed by atoms with E-state index in [1.807, 2.05) is 42.3 Å². The molecule has 146 valence electrons. The zero-order valence-corrected chi connectivity index (χ0v) is 16.0. The number of carbonyl (C=O) groups is 1. The van der Waals surface area contributed by atoms with Gasteiger partial charge in [0, 0.05) is 24.8 Å². The Bertz CT molecular complexity index is 741. The Morgan fingerprint density at radius 3 is 2.11 bits per heavy atom. The van der Waals surface area contributed by atoms with Crippen molar-refractivity contribution in [2.75, 3.05) is 39.8 Å². The molecule has 0 amide bonds. The first-order valence-corrected chi connectivity index (χ1v) is 8.47. The summed E-state index contributed by atoms with van der Waals surface area (Å²) in [6.45, 7) is 0.210. The predicted molar refractivity (Wildman–Crippen MR) is 104 cm³/mol. The first-order valence-electron chi connectivity index (χ1n) is 8.47. The molecule has 0 bridgehead atoms. The number of ketones is 1. The van der Waals surface area contributed by atoms with Crippen LogP contribution in [0.5, 0.6) is 17.2 Å². The molecule has 7 nitrogen and oxygen atoms in total. The maximum absolute atomic E-state index is 12.8. The van der Waals surface area contributed by atoms with Gasteiger partial charge in [0.2, 0.25) is 5.75 Å². The lowest BCUT2D eigenvalue weighted by molar-refractivity contribution is 0.0829. The van der Waals surface area contributed by atoms with Crippen LogP contribution in [0.15, 0.2) is 42.5 Å². The number of hydrogen-bond donors (Lipinski definition) is 2. The number of anilines is 1. The number of benzene rings is 2. The minimum absolute atomic E-state index is 0.210. The molecule has 0 heterocycles. The second kappa shape index (κ2) is 9.25. The topological polar surface area (TPSA) is 94.2 Å². The van der Waals surface area contributed by atoms with E-state index in [-0.39, 0.29) is 12.1 Å². The van der Waals surface area contributed by atoms with Crippen molar-refractivity contribution >= 4 is 11.5 Å². The van der Waals surface area contributed by atoms with Gasteiger partial charge < -0.3 is 30.0 Å². The number of nitrogens with two attached hydrogens (primary N) is 1. The third-order valence-corrected chi connectivity index (χ3v) is 4.32. The number of nitrogens with zero attached hydrogens (tertiary/aromatic N) is 1. The van der Waals surface area contributed by atoms with E-state index in [2.05, 4.69) is 0 Å². The highest BCUT2D eigenvalue weighted by Crippen LogP contribution is 2.38. The molecule has 2 rings (SSSR count). The van der Waals surface area contributed by atoms with Gasteiger partial charge in [0.25, 0.3) is 0 Å². The monoisotopic (exact) mass is 374 g/mol. The number of aliphatic hydroxyl groups is 1. The Balaban J connectivity index is 2.18. The van der Waals surface area contributed by atoms with Crippen LogP contribution in [0.2, 0.25) is 0 Å². The van der Waals surface area contributed by atoms with Crippen LogP contribution >= 0.6 is 0 Å². The third-order valence-electron chi connectivity index (χ3n) is 4.32. The molecule has 2 unspecified atom stereocenters. The van der Waals surface area contributed by atoms with Crippen LogP contribution in [0.3, 0.4) is 0 Å². The van der Waals surface area contributed by atoms with Crippen LogP contribution < -0.4 is 24.8 Å². The van der Waals surface area contributed by atoms with Crippen molar-refractivity contribution in [3.05, 3.63) is 48.0 Å². The highest BCUT2D eigenvalue weighted by atomic mass is 16.5. The standard InChI is InChI=1S/C20H26N2O5/c1-22(14-8-6-5-7-9-14)12-15(23)18(21)19(24)13-10-16(25-2)20(27-4)17(11-13)26-3/h5-11,15,18,23H,12,21H2,1-4H3. The molecule has 0 saturated carbocycles. The quantitative estimate of drug-likeness (QED) is 0.646. The molecule has 0 saturated heterocycles. The van der Waals surface area contributed by atoms with E-state index in [9.17, 15) is 9.90 Å². The summed E-state index contributed by atoms with van der Waals surface area (Å²) in [5.74, 6) is 0.671. The fourth-order valence-corrected chi connectivity index (χ4v) is 2.77. The molecule has 0 radical (unpaired) electrons. The lowest BCUT2D eigenvalue weighted by Crippen LogP contribution is -2.47. The van der Waals surface area contributed by atoms with E-state index in [1.54, 1.807) is 0 Å². The normalized spacial score (nSPS) is 12.8. The average Bonchev–Trinajstić information content (AvgIpc) is 2.71. The van der Waals surface area contributed by atoms with Crippen LogP contribution in [0.4, 0.5) is 5.69 Å². The van der Waals surface area contributed by atoms with Crippen molar-refractivity contribution in [2.24, 2.45) is 5.73 Å². The number of ether oxygens (including phenoxy) is 3. The molecule has 7 heteroatoms. The van der Waals surface area contributed by atoms with Crippen molar-refractivity contribution in [3.8, 4) is 17.2 Å². The maximum atomic E-state index is 12.8. The van der Waals surface area contributed by atoms with Gasteiger partial charge in [-0.3, -0.25) is 4.79 Å². The van der Waals surface area contributed by atoms with Gasteiger partial charge in [0.15, 0.2) is 17.3 Å². The number of carbonyl (C=O) groups excluding carboxylic acids is 1. The number of rotatable bonds is 9. The summed E-state index contributed by atoms with van der Waals surface area (Å²) in [4.78, 5) is 14.6. The Morgan fingerprint density at radius 1 is 1.07 bits per heavy atom. The fourth-order valence-electron chi connectivity index (χ4n) is 2.77. The van der Waals surface area contributed by atoms with E-state index < -0.39 is 17.9 Å². The Hall–Kier alpha value is -2.77. The SMILES string of the molecule is COc1cc(C(=O)C(N)C(O)CN(C)c2ccccc2)cc(OC)c1OC. The summed E-state index contributed by atoms with van der Waals surface area (Å²) in [7, 11) is 6.25. The second-order valence-corrected chi connectivity index (χ2v) is 6.09. The molecule has 0 aliphatic heterocycles. The van der Waals surface area contributed by atoms with Crippen LogP contribution in [0, 0.1) is 0 Å². The number of hydrogen-bond acceptors (Lipinski definition) is 7. The van der Waals surface area contributed by atoms with Crippen molar-refractivity contribution in [2.45, 2.75) is 12.1 Å². The zero-order valence-electron chi connectivity index (χ0n) is 16.0. The van der Waals surface area contributed by atoms with E-state index >= 15 is 0 Å². The Kier molecular flexibility index (Phi) is 7.04. The van der Waals surface area contributed by atoms with Gasteiger partial charge in [-0.2, -0.15) is 0 Å². The maximum Gasteiger partial charge on any atom is 0.203 e. The molecule has 0 fully saturated rings.